The molecule has 0 radical (unpaired) electrons. The second-order valence-corrected chi connectivity index (χ2v) is 5.62. The number of fused-ring (bicyclic) bond motifs is 1. The van der Waals surface area contributed by atoms with E-state index in [-0.39, 0.29) is 5.91 Å². The van der Waals surface area contributed by atoms with Crippen LogP contribution in [0.5, 0.6) is 0 Å². The van der Waals surface area contributed by atoms with Gasteiger partial charge in [-0.05, 0) is 30.3 Å². The molecule has 0 fully saturated rings. The van der Waals surface area contributed by atoms with Crippen molar-refractivity contribution in [3.8, 4) is 5.69 Å². The van der Waals surface area contributed by atoms with Crippen molar-refractivity contribution in [3.63, 3.8) is 0 Å². The molecule has 0 unspecified atom stereocenters. The lowest BCUT2D eigenvalue weighted by Gasteiger charge is -2.07. The van der Waals surface area contributed by atoms with E-state index in [1.54, 1.807) is 11.0 Å². The van der Waals surface area contributed by atoms with Crippen LogP contribution in [0.15, 0.2) is 67.4 Å². The fourth-order valence-corrected chi connectivity index (χ4v) is 2.65. The van der Waals surface area contributed by atoms with Crippen LogP contribution in [0.1, 0.15) is 6.42 Å². The minimum absolute atomic E-state index is 0.0622. The number of rotatable bonds is 5. The first-order valence-corrected chi connectivity index (χ1v) is 7.95. The number of aryl methyl sites for hydroxylation is 1. The Kier molecular flexibility index (Phi) is 3.96. The Balaban J connectivity index is 1.44. The van der Waals surface area contributed by atoms with Gasteiger partial charge in [0.25, 0.3) is 0 Å². The third kappa shape index (κ3) is 3.25. The van der Waals surface area contributed by atoms with Crippen molar-refractivity contribution in [2.75, 3.05) is 5.32 Å². The van der Waals surface area contributed by atoms with E-state index in [1.807, 2.05) is 59.4 Å². The Morgan fingerprint density at radius 2 is 1.88 bits per heavy atom. The topological polar surface area (TPSA) is 77.6 Å². The van der Waals surface area contributed by atoms with E-state index in [1.165, 1.54) is 6.33 Å². The highest BCUT2D eigenvalue weighted by Crippen LogP contribution is 2.19. The second-order valence-electron chi connectivity index (χ2n) is 5.62. The molecule has 1 N–H and O–H groups in total. The molecule has 4 rings (SSSR count). The maximum Gasteiger partial charge on any atom is 0.226 e. The first-order chi connectivity index (χ1) is 12.3. The zero-order chi connectivity index (χ0) is 17.1. The summed E-state index contributed by atoms with van der Waals surface area (Å²) in [4.78, 5) is 15.9. The molecule has 0 saturated carbocycles. The van der Waals surface area contributed by atoms with Crippen molar-refractivity contribution in [1.29, 1.82) is 0 Å². The summed E-state index contributed by atoms with van der Waals surface area (Å²) in [6, 6.07) is 15.7. The van der Waals surface area contributed by atoms with Crippen LogP contribution in [-0.2, 0) is 11.3 Å². The lowest BCUT2D eigenvalue weighted by Crippen LogP contribution is -2.14. The summed E-state index contributed by atoms with van der Waals surface area (Å²) in [5, 5.41) is 12.4. The van der Waals surface area contributed by atoms with E-state index in [9.17, 15) is 4.79 Å². The van der Waals surface area contributed by atoms with E-state index < -0.39 is 0 Å². The quantitative estimate of drug-likeness (QED) is 0.609. The van der Waals surface area contributed by atoms with Crippen molar-refractivity contribution in [2.45, 2.75) is 13.0 Å². The molecule has 7 nitrogen and oxygen atoms in total. The Morgan fingerprint density at radius 3 is 2.68 bits per heavy atom. The molecule has 2 aromatic carbocycles. The van der Waals surface area contributed by atoms with E-state index in [0.29, 0.717) is 13.0 Å². The molecule has 0 aliphatic carbocycles. The molecule has 124 valence electrons. The maximum atomic E-state index is 12.0. The summed E-state index contributed by atoms with van der Waals surface area (Å²) < 4.78 is 3.51. The Labute approximate surface area is 143 Å². The van der Waals surface area contributed by atoms with Crippen molar-refractivity contribution in [2.24, 2.45) is 0 Å². The molecule has 7 heteroatoms. The van der Waals surface area contributed by atoms with Gasteiger partial charge in [-0.3, -0.25) is 9.48 Å². The third-order valence-electron chi connectivity index (χ3n) is 3.91. The van der Waals surface area contributed by atoms with Gasteiger partial charge in [0.2, 0.25) is 5.91 Å². The van der Waals surface area contributed by atoms with Gasteiger partial charge in [0.15, 0.2) is 0 Å². The summed E-state index contributed by atoms with van der Waals surface area (Å²) >= 11 is 0. The molecule has 0 bridgehead atoms. The molecule has 1 amide bonds. The molecule has 2 aromatic heterocycles. The summed E-state index contributed by atoms with van der Waals surface area (Å²) in [6.45, 7) is 0.503. The molecule has 0 aliphatic heterocycles. The monoisotopic (exact) mass is 332 g/mol. The summed E-state index contributed by atoms with van der Waals surface area (Å²) in [6.07, 6.45) is 5.23. The number of aromatic nitrogens is 5. The average Bonchev–Trinajstić information content (AvgIpc) is 3.30. The van der Waals surface area contributed by atoms with Gasteiger partial charge in [-0.25, -0.2) is 9.67 Å². The lowest BCUT2D eigenvalue weighted by atomic mass is 10.2. The van der Waals surface area contributed by atoms with Crippen LogP contribution in [0.4, 0.5) is 5.69 Å². The minimum atomic E-state index is -0.0622. The summed E-state index contributed by atoms with van der Waals surface area (Å²) in [7, 11) is 0. The third-order valence-corrected chi connectivity index (χ3v) is 3.91. The smallest absolute Gasteiger partial charge is 0.226 e. The van der Waals surface area contributed by atoms with Crippen molar-refractivity contribution in [3.05, 3.63) is 67.4 Å². The molecule has 2 heterocycles. The predicted molar refractivity (Wildman–Crippen MR) is 94.3 cm³/mol. The highest BCUT2D eigenvalue weighted by molar-refractivity contribution is 5.90. The fourth-order valence-electron chi connectivity index (χ4n) is 2.65. The van der Waals surface area contributed by atoms with Crippen LogP contribution in [0.3, 0.4) is 0 Å². The molecule has 0 aliphatic rings. The molecular weight excluding hydrogens is 316 g/mol. The van der Waals surface area contributed by atoms with Crippen molar-refractivity contribution in [1.82, 2.24) is 24.5 Å². The minimum Gasteiger partial charge on any atom is -0.326 e. The maximum absolute atomic E-state index is 12.0. The number of benzene rings is 2. The van der Waals surface area contributed by atoms with Gasteiger partial charge in [-0.2, -0.15) is 10.2 Å². The number of carbonyl (C=O) groups is 1. The first-order valence-electron chi connectivity index (χ1n) is 7.95. The van der Waals surface area contributed by atoms with Gasteiger partial charge in [-0.1, -0.05) is 18.2 Å². The van der Waals surface area contributed by atoms with Crippen LogP contribution in [0, 0.1) is 0 Å². The van der Waals surface area contributed by atoms with Gasteiger partial charge in [0.05, 0.1) is 23.9 Å². The van der Waals surface area contributed by atoms with E-state index in [2.05, 4.69) is 20.5 Å². The van der Waals surface area contributed by atoms with Gasteiger partial charge in [0.1, 0.15) is 12.7 Å². The average molecular weight is 332 g/mol. The first kappa shape index (κ1) is 15.1. The highest BCUT2D eigenvalue weighted by atomic mass is 16.1. The number of amides is 1. The standard InChI is InChI=1S/C18H16N6O/c25-18(9-10-23-13-19-12-21-23)22-15-5-7-16(8-6-15)24-17-4-2-1-3-14(17)11-20-24/h1-8,11-13H,9-10H2,(H,22,25). The van der Waals surface area contributed by atoms with Crippen LogP contribution >= 0.6 is 0 Å². The zero-order valence-electron chi connectivity index (χ0n) is 13.4. The zero-order valence-corrected chi connectivity index (χ0v) is 13.4. The normalized spacial score (nSPS) is 10.9. The van der Waals surface area contributed by atoms with Crippen molar-refractivity contribution < 1.29 is 4.79 Å². The van der Waals surface area contributed by atoms with Gasteiger partial charge in [-0.15, -0.1) is 0 Å². The van der Waals surface area contributed by atoms with Crippen molar-refractivity contribution >= 4 is 22.5 Å². The molecule has 25 heavy (non-hydrogen) atoms. The van der Waals surface area contributed by atoms with Crippen LogP contribution in [0.25, 0.3) is 16.6 Å². The van der Waals surface area contributed by atoms with E-state index >= 15 is 0 Å². The SMILES string of the molecule is O=C(CCn1cncn1)Nc1ccc(-n2ncc3ccccc32)cc1. The summed E-state index contributed by atoms with van der Waals surface area (Å²) in [5.74, 6) is -0.0622. The Hall–Kier alpha value is -3.48. The number of carbonyl (C=O) groups excluding carboxylic acids is 1. The lowest BCUT2D eigenvalue weighted by molar-refractivity contribution is -0.116. The van der Waals surface area contributed by atoms with Crippen LogP contribution in [-0.4, -0.2) is 30.5 Å². The number of nitrogens with zero attached hydrogens (tertiary/aromatic N) is 5. The second kappa shape index (κ2) is 6.56. The molecule has 4 aromatic rings. The predicted octanol–water partition coefficient (Wildman–Crippen LogP) is 2.65. The fraction of sp³-hybridized carbons (Fsp3) is 0.111. The number of hydrogen-bond donors (Lipinski definition) is 1. The number of anilines is 1. The summed E-state index contributed by atoms with van der Waals surface area (Å²) in [5.41, 5.74) is 2.75. The van der Waals surface area contributed by atoms with Crippen LogP contribution in [0.2, 0.25) is 0 Å². The van der Waals surface area contributed by atoms with Crippen LogP contribution < -0.4 is 5.32 Å². The Bertz CT molecular complexity index is 988. The number of nitrogens with one attached hydrogen (secondary N) is 1. The molecule has 0 saturated heterocycles. The van der Waals surface area contributed by atoms with Gasteiger partial charge in [0, 0.05) is 17.5 Å². The van der Waals surface area contributed by atoms with E-state index in [4.69, 9.17) is 0 Å². The van der Waals surface area contributed by atoms with Gasteiger partial charge >= 0.3 is 0 Å². The number of hydrogen-bond acceptors (Lipinski definition) is 4. The largest absolute Gasteiger partial charge is 0.326 e. The molecular formula is C18H16N6O. The molecule has 0 spiro atoms. The Morgan fingerprint density at radius 1 is 1.04 bits per heavy atom. The van der Waals surface area contributed by atoms with Gasteiger partial charge < -0.3 is 5.32 Å². The number of para-hydroxylation sites is 1. The highest BCUT2D eigenvalue weighted by Gasteiger charge is 2.06. The molecule has 0 atom stereocenters. The van der Waals surface area contributed by atoms with E-state index in [0.717, 1.165) is 22.3 Å².